The van der Waals surface area contributed by atoms with E-state index in [0.29, 0.717) is 36.7 Å². The Morgan fingerprint density at radius 1 is 1.23 bits per heavy atom. The number of benzene rings is 1. The first-order valence-corrected chi connectivity index (χ1v) is 9.51. The molecule has 0 spiro atoms. The molecule has 1 atom stereocenters. The van der Waals surface area contributed by atoms with Gasteiger partial charge in [-0.2, -0.15) is 18.3 Å². The van der Waals surface area contributed by atoms with Gasteiger partial charge in [-0.05, 0) is 43.2 Å². The van der Waals surface area contributed by atoms with E-state index in [1.54, 1.807) is 23.0 Å². The second-order valence-electron chi connectivity index (χ2n) is 7.16. The zero-order chi connectivity index (χ0) is 22.2. The van der Waals surface area contributed by atoms with Crippen LogP contribution in [0.4, 0.5) is 17.6 Å². The fraction of sp³-hybridized carbons (Fsp3) is 0.286. The molecule has 3 aromatic rings. The minimum atomic E-state index is -4.75. The molecule has 3 heterocycles. The number of fused-ring (bicyclic) bond motifs is 1. The van der Waals surface area contributed by atoms with Crippen LogP contribution in [0.5, 0.6) is 5.88 Å². The maximum absolute atomic E-state index is 13.7. The Labute approximate surface area is 174 Å². The van der Waals surface area contributed by atoms with Gasteiger partial charge in [-0.1, -0.05) is 0 Å². The fourth-order valence-electron chi connectivity index (χ4n) is 3.58. The number of aromatic nitrogens is 3. The number of hydrogen-bond acceptors (Lipinski definition) is 4. The molecular weight excluding hydrogens is 416 g/mol. The van der Waals surface area contributed by atoms with E-state index in [-0.39, 0.29) is 5.56 Å². The van der Waals surface area contributed by atoms with Crippen LogP contribution in [0, 0.1) is 5.82 Å². The van der Waals surface area contributed by atoms with Crippen LogP contribution in [0.25, 0.3) is 11.3 Å². The molecule has 162 valence electrons. The number of carbonyl (C=O) groups excluding carboxylic acids is 1. The molecule has 2 aromatic heterocycles. The summed E-state index contributed by atoms with van der Waals surface area (Å²) in [5.41, 5.74) is 0.557. The van der Waals surface area contributed by atoms with E-state index in [4.69, 9.17) is 4.74 Å². The molecule has 6 nitrogen and oxygen atoms in total. The Balaban J connectivity index is 1.60. The summed E-state index contributed by atoms with van der Waals surface area (Å²) in [5, 5.41) is 7.27. The topological polar surface area (TPSA) is 69.0 Å². The predicted octanol–water partition coefficient (Wildman–Crippen LogP) is 4.38. The van der Waals surface area contributed by atoms with Crippen LogP contribution in [0.1, 0.15) is 40.5 Å². The monoisotopic (exact) mass is 434 g/mol. The largest absolute Gasteiger partial charge is 0.481 e. The summed E-state index contributed by atoms with van der Waals surface area (Å²) in [7, 11) is 1.51. The SMILES string of the molecule is COc1cc(-c2cc3n(n2)CCCC3NC(=O)c2cc(F)cc(C(F)(F)F)c2)ccn1. The average molecular weight is 434 g/mol. The molecule has 1 amide bonds. The van der Waals surface area contributed by atoms with Crippen molar-refractivity contribution in [1.29, 1.82) is 0 Å². The van der Waals surface area contributed by atoms with Crippen molar-refractivity contribution in [1.82, 2.24) is 20.1 Å². The lowest BCUT2D eigenvalue weighted by Gasteiger charge is -2.24. The summed E-state index contributed by atoms with van der Waals surface area (Å²) in [6.07, 6.45) is -1.86. The maximum atomic E-state index is 13.7. The molecule has 1 unspecified atom stereocenters. The lowest BCUT2D eigenvalue weighted by molar-refractivity contribution is -0.137. The van der Waals surface area contributed by atoms with Crippen molar-refractivity contribution in [2.45, 2.75) is 31.6 Å². The number of hydrogen-bond donors (Lipinski definition) is 1. The predicted molar refractivity (Wildman–Crippen MR) is 103 cm³/mol. The summed E-state index contributed by atoms with van der Waals surface area (Å²) in [5.74, 6) is -1.47. The smallest absolute Gasteiger partial charge is 0.416 e. The summed E-state index contributed by atoms with van der Waals surface area (Å²) in [4.78, 5) is 16.7. The molecular formula is C21H18F4N4O2. The summed E-state index contributed by atoms with van der Waals surface area (Å²) in [6, 6.07) is 6.65. The van der Waals surface area contributed by atoms with Gasteiger partial charge in [0.15, 0.2) is 0 Å². The molecule has 1 N–H and O–H groups in total. The van der Waals surface area contributed by atoms with E-state index >= 15 is 0 Å². The van der Waals surface area contributed by atoms with Crippen molar-refractivity contribution in [3.63, 3.8) is 0 Å². The first-order valence-electron chi connectivity index (χ1n) is 9.51. The van der Waals surface area contributed by atoms with Crippen LogP contribution in [-0.4, -0.2) is 27.8 Å². The van der Waals surface area contributed by atoms with Crippen LogP contribution >= 0.6 is 0 Å². The molecule has 0 saturated heterocycles. The number of amides is 1. The lowest BCUT2D eigenvalue weighted by Crippen LogP contribution is -2.33. The van der Waals surface area contributed by atoms with Crippen LogP contribution in [-0.2, 0) is 12.7 Å². The zero-order valence-electron chi connectivity index (χ0n) is 16.4. The van der Waals surface area contributed by atoms with Gasteiger partial charge in [0.2, 0.25) is 5.88 Å². The van der Waals surface area contributed by atoms with E-state index in [1.165, 1.54) is 7.11 Å². The number of alkyl halides is 3. The number of nitrogens with zero attached hydrogens (tertiary/aromatic N) is 3. The molecule has 1 aliphatic heterocycles. The second-order valence-corrected chi connectivity index (χ2v) is 7.16. The van der Waals surface area contributed by atoms with Crippen LogP contribution in [0.2, 0.25) is 0 Å². The number of rotatable bonds is 4. The van der Waals surface area contributed by atoms with Crippen molar-refractivity contribution >= 4 is 5.91 Å². The Morgan fingerprint density at radius 2 is 2.03 bits per heavy atom. The third kappa shape index (κ3) is 4.37. The molecule has 0 aliphatic carbocycles. The first-order chi connectivity index (χ1) is 14.7. The fourth-order valence-corrected chi connectivity index (χ4v) is 3.58. The van der Waals surface area contributed by atoms with E-state index in [2.05, 4.69) is 15.4 Å². The normalized spacial score (nSPS) is 16.0. The van der Waals surface area contributed by atoms with Gasteiger partial charge < -0.3 is 10.1 Å². The van der Waals surface area contributed by atoms with Crippen LogP contribution in [0.15, 0.2) is 42.6 Å². The van der Waals surface area contributed by atoms with E-state index in [0.717, 1.165) is 23.7 Å². The molecule has 10 heteroatoms. The van der Waals surface area contributed by atoms with Crippen LogP contribution < -0.4 is 10.1 Å². The lowest BCUT2D eigenvalue weighted by atomic mass is 10.0. The minimum absolute atomic E-state index is 0.363. The van der Waals surface area contributed by atoms with Crippen molar-refractivity contribution < 1.29 is 27.1 Å². The number of nitrogens with one attached hydrogen (secondary N) is 1. The number of aryl methyl sites for hydroxylation is 1. The number of carbonyl (C=O) groups is 1. The van der Waals surface area contributed by atoms with Crippen molar-refractivity contribution in [3.8, 4) is 17.1 Å². The van der Waals surface area contributed by atoms with Gasteiger partial charge in [0.05, 0.1) is 30.1 Å². The molecule has 0 fully saturated rings. The number of halogens is 4. The summed E-state index contributed by atoms with van der Waals surface area (Å²) in [6.45, 7) is 0.641. The maximum Gasteiger partial charge on any atom is 0.416 e. The Kier molecular flexibility index (Phi) is 5.38. The van der Waals surface area contributed by atoms with Gasteiger partial charge >= 0.3 is 6.18 Å². The molecule has 0 radical (unpaired) electrons. The Hall–Kier alpha value is -3.43. The number of methoxy groups -OCH3 is 1. The first kappa shape index (κ1) is 20.8. The highest BCUT2D eigenvalue weighted by atomic mass is 19.4. The van der Waals surface area contributed by atoms with Gasteiger partial charge in [-0.25, -0.2) is 9.37 Å². The van der Waals surface area contributed by atoms with Crippen molar-refractivity contribution in [2.24, 2.45) is 0 Å². The zero-order valence-corrected chi connectivity index (χ0v) is 16.4. The Morgan fingerprint density at radius 3 is 2.77 bits per heavy atom. The van der Waals surface area contributed by atoms with Gasteiger partial charge in [-0.15, -0.1) is 0 Å². The van der Waals surface area contributed by atoms with E-state index in [9.17, 15) is 22.4 Å². The standard InChI is InChI=1S/C21H18F4N4O2/c1-31-19-9-12(4-5-26-19)17-11-18-16(3-2-6-29(18)28-17)27-20(30)13-7-14(21(23,24)25)10-15(22)8-13/h4-5,7-11,16H,2-3,6H2,1H3,(H,27,30). The Bertz CT molecular complexity index is 1130. The van der Waals surface area contributed by atoms with E-state index in [1.807, 2.05) is 6.07 Å². The third-order valence-electron chi connectivity index (χ3n) is 5.06. The molecule has 31 heavy (non-hydrogen) atoms. The minimum Gasteiger partial charge on any atom is -0.481 e. The molecule has 1 aliphatic rings. The third-order valence-corrected chi connectivity index (χ3v) is 5.06. The molecule has 1 aromatic carbocycles. The average Bonchev–Trinajstić information content (AvgIpc) is 3.18. The van der Waals surface area contributed by atoms with Crippen LogP contribution in [0.3, 0.4) is 0 Å². The second kappa shape index (κ2) is 8.01. The van der Waals surface area contributed by atoms with Crippen molar-refractivity contribution in [3.05, 3.63) is 65.2 Å². The summed E-state index contributed by atoms with van der Waals surface area (Å²) < 4.78 is 59.4. The number of ether oxygens (including phenoxy) is 1. The molecule has 4 rings (SSSR count). The summed E-state index contributed by atoms with van der Waals surface area (Å²) >= 11 is 0. The molecule has 0 saturated carbocycles. The highest BCUT2D eigenvalue weighted by Gasteiger charge is 2.32. The van der Waals surface area contributed by atoms with Crippen molar-refractivity contribution in [2.75, 3.05) is 7.11 Å². The highest BCUT2D eigenvalue weighted by Crippen LogP contribution is 2.32. The highest BCUT2D eigenvalue weighted by molar-refractivity contribution is 5.94. The number of pyridine rings is 1. The quantitative estimate of drug-likeness (QED) is 0.619. The van der Waals surface area contributed by atoms with E-state index < -0.39 is 29.5 Å². The van der Waals surface area contributed by atoms with Gasteiger partial charge in [0.25, 0.3) is 5.91 Å². The van der Waals surface area contributed by atoms with Gasteiger partial charge in [-0.3, -0.25) is 9.48 Å². The molecule has 0 bridgehead atoms. The van der Waals surface area contributed by atoms with Gasteiger partial charge in [0.1, 0.15) is 5.82 Å². The van der Waals surface area contributed by atoms with Gasteiger partial charge in [0, 0.05) is 29.9 Å².